The molecule has 1 aromatic carbocycles. The number of benzene rings is 1. The summed E-state index contributed by atoms with van der Waals surface area (Å²) in [5.74, 6) is 0.298. The summed E-state index contributed by atoms with van der Waals surface area (Å²) in [6.07, 6.45) is 1.79. The predicted octanol–water partition coefficient (Wildman–Crippen LogP) is 4.05. The zero-order valence-corrected chi connectivity index (χ0v) is 11.5. The molecule has 0 bridgehead atoms. The predicted molar refractivity (Wildman–Crippen MR) is 72.0 cm³/mol. The van der Waals surface area contributed by atoms with Crippen molar-refractivity contribution in [2.45, 2.75) is 39.7 Å². The molecule has 0 spiro atoms. The second-order valence-electron chi connectivity index (χ2n) is 4.94. The molecule has 0 saturated heterocycles. The fourth-order valence-corrected chi connectivity index (χ4v) is 1.99. The quantitative estimate of drug-likeness (QED) is 0.811. The number of nitrogens with one attached hydrogen (secondary N) is 1. The van der Waals surface area contributed by atoms with Crippen LogP contribution in [0.15, 0.2) is 18.2 Å². The van der Waals surface area contributed by atoms with E-state index in [0.717, 1.165) is 24.9 Å². The van der Waals surface area contributed by atoms with Crippen LogP contribution in [0.4, 0.5) is 4.39 Å². The zero-order valence-electron chi connectivity index (χ0n) is 10.8. The van der Waals surface area contributed by atoms with E-state index in [-0.39, 0.29) is 5.82 Å². The summed E-state index contributed by atoms with van der Waals surface area (Å²) in [6.45, 7) is 7.37. The zero-order chi connectivity index (χ0) is 12.8. The van der Waals surface area contributed by atoms with Crippen LogP contribution >= 0.6 is 11.6 Å². The Balaban J connectivity index is 2.44. The maximum Gasteiger partial charge on any atom is 0.126 e. The number of hydrogen-bond donors (Lipinski definition) is 1. The first-order valence-electron chi connectivity index (χ1n) is 6.16. The molecule has 1 N–H and O–H groups in total. The van der Waals surface area contributed by atoms with Gasteiger partial charge in [0.1, 0.15) is 5.82 Å². The molecule has 0 radical (unpaired) electrons. The van der Waals surface area contributed by atoms with Gasteiger partial charge in [0.25, 0.3) is 0 Å². The number of rotatable bonds is 6. The van der Waals surface area contributed by atoms with Crippen LogP contribution in [0.1, 0.15) is 32.8 Å². The summed E-state index contributed by atoms with van der Waals surface area (Å²) >= 11 is 5.87. The summed E-state index contributed by atoms with van der Waals surface area (Å²) in [5, 5.41) is 3.97. The Hall–Kier alpha value is -0.600. The molecule has 1 atom stereocenters. The monoisotopic (exact) mass is 257 g/mol. The lowest BCUT2D eigenvalue weighted by Crippen LogP contribution is -2.25. The molecule has 0 fully saturated rings. The van der Waals surface area contributed by atoms with Crippen molar-refractivity contribution in [1.82, 2.24) is 5.32 Å². The Morgan fingerprint density at radius 3 is 2.65 bits per heavy atom. The van der Waals surface area contributed by atoms with Crippen LogP contribution in [0.2, 0.25) is 5.02 Å². The first-order chi connectivity index (χ1) is 7.99. The van der Waals surface area contributed by atoms with E-state index in [1.807, 2.05) is 0 Å². The van der Waals surface area contributed by atoms with Gasteiger partial charge in [0.05, 0.1) is 0 Å². The highest BCUT2D eigenvalue weighted by Gasteiger charge is 2.08. The molecule has 0 aromatic heterocycles. The first-order valence-corrected chi connectivity index (χ1v) is 6.54. The maximum absolute atomic E-state index is 13.5. The standard InChI is InChI=1S/C14H21ClFN/c1-10(2)17-7-6-11(3)8-12-9-13(15)4-5-14(12)16/h4-5,9-11,17H,6-8H2,1-3H3. The Bertz CT molecular complexity index is 352. The molecule has 0 saturated carbocycles. The van der Waals surface area contributed by atoms with E-state index < -0.39 is 0 Å². The molecule has 1 aromatic rings. The lowest BCUT2D eigenvalue weighted by atomic mass is 9.97. The Labute approximate surface area is 108 Å². The van der Waals surface area contributed by atoms with E-state index >= 15 is 0 Å². The third-order valence-corrected chi connectivity index (χ3v) is 3.00. The van der Waals surface area contributed by atoms with E-state index in [4.69, 9.17) is 11.6 Å². The molecule has 0 aliphatic heterocycles. The molecule has 1 unspecified atom stereocenters. The van der Waals surface area contributed by atoms with E-state index in [9.17, 15) is 4.39 Å². The molecule has 1 nitrogen and oxygen atoms in total. The summed E-state index contributed by atoms with van der Waals surface area (Å²) in [5.41, 5.74) is 0.717. The minimum Gasteiger partial charge on any atom is -0.315 e. The summed E-state index contributed by atoms with van der Waals surface area (Å²) in [7, 11) is 0. The summed E-state index contributed by atoms with van der Waals surface area (Å²) in [4.78, 5) is 0. The highest BCUT2D eigenvalue weighted by atomic mass is 35.5. The van der Waals surface area contributed by atoms with Gasteiger partial charge in [-0.3, -0.25) is 0 Å². The molecule has 0 aliphatic carbocycles. The van der Waals surface area contributed by atoms with Gasteiger partial charge in [0, 0.05) is 11.1 Å². The average molecular weight is 258 g/mol. The van der Waals surface area contributed by atoms with E-state index in [0.29, 0.717) is 17.0 Å². The number of hydrogen-bond acceptors (Lipinski definition) is 1. The van der Waals surface area contributed by atoms with E-state index in [1.165, 1.54) is 6.07 Å². The van der Waals surface area contributed by atoms with Crippen molar-refractivity contribution < 1.29 is 4.39 Å². The van der Waals surface area contributed by atoms with Gasteiger partial charge in [-0.1, -0.05) is 32.4 Å². The minimum absolute atomic E-state index is 0.155. The van der Waals surface area contributed by atoms with Crippen molar-refractivity contribution in [3.05, 3.63) is 34.6 Å². The van der Waals surface area contributed by atoms with Gasteiger partial charge in [0.15, 0.2) is 0 Å². The second kappa shape index (κ2) is 6.97. The van der Waals surface area contributed by atoms with Gasteiger partial charge in [-0.05, 0) is 49.1 Å². The third kappa shape index (κ3) is 5.51. The Morgan fingerprint density at radius 2 is 2.00 bits per heavy atom. The largest absolute Gasteiger partial charge is 0.315 e. The fraction of sp³-hybridized carbons (Fsp3) is 0.571. The van der Waals surface area contributed by atoms with E-state index in [2.05, 4.69) is 26.1 Å². The van der Waals surface area contributed by atoms with Gasteiger partial charge in [0.2, 0.25) is 0 Å². The second-order valence-corrected chi connectivity index (χ2v) is 5.38. The van der Waals surface area contributed by atoms with Crippen molar-refractivity contribution in [2.75, 3.05) is 6.54 Å². The van der Waals surface area contributed by atoms with Crippen LogP contribution < -0.4 is 5.32 Å². The molecule has 1 rings (SSSR count). The van der Waals surface area contributed by atoms with Crippen LogP contribution in [0.5, 0.6) is 0 Å². The van der Waals surface area contributed by atoms with Crippen molar-refractivity contribution in [1.29, 1.82) is 0 Å². The Kier molecular flexibility index (Phi) is 5.93. The van der Waals surface area contributed by atoms with Gasteiger partial charge >= 0.3 is 0 Å². The molecular weight excluding hydrogens is 237 g/mol. The highest BCUT2D eigenvalue weighted by Crippen LogP contribution is 2.19. The van der Waals surface area contributed by atoms with Crippen LogP contribution in [0.25, 0.3) is 0 Å². The molecule has 17 heavy (non-hydrogen) atoms. The third-order valence-electron chi connectivity index (χ3n) is 2.77. The Morgan fingerprint density at radius 1 is 1.29 bits per heavy atom. The molecule has 0 amide bonds. The lowest BCUT2D eigenvalue weighted by molar-refractivity contribution is 0.468. The van der Waals surface area contributed by atoms with Crippen LogP contribution in [-0.4, -0.2) is 12.6 Å². The van der Waals surface area contributed by atoms with Crippen LogP contribution in [0.3, 0.4) is 0 Å². The van der Waals surface area contributed by atoms with Crippen molar-refractivity contribution in [3.63, 3.8) is 0 Å². The highest BCUT2D eigenvalue weighted by molar-refractivity contribution is 6.30. The van der Waals surface area contributed by atoms with E-state index in [1.54, 1.807) is 12.1 Å². The SMILES string of the molecule is CC(CCNC(C)C)Cc1cc(Cl)ccc1F. The fourth-order valence-electron chi connectivity index (χ4n) is 1.80. The average Bonchev–Trinajstić information content (AvgIpc) is 2.23. The number of halogens is 2. The molecular formula is C14H21ClFN. The summed E-state index contributed by atoms with van der Waals surface area (Å²) < 4.78 is 13.5. The van der Waals surface area contributed by atoms with Crippen molar-refractivity contribution >= 4 is 11.6 Å². The van der Waals surface area contributed by atoms with Gasteiger partial charge in [-0.15, -0.1) is 0 Å². The van der Waals surface area contributed by atoms with Crippen LogP contribution in [0, 0.1) is 11.7 Å². The normalized spacial score (nSPS) is 13.1. The van der Waals surface area contributed by atoms with Crippen molar-refractivity contribution in [3.8, 4) is 0 Å². The van der Waals surface area contributed by atoms with Gasteiger partial charge in [-0.2, -0.15) is 0 Å². The van der Waals surface area contributed by atoms with Gasteiger partial charge < -0.3 is 5.32 Å². The molecule has 96 valence electrons. The molecule has 0 heterocycles. The van der Waals surface area contributed by atoms with Crippen molar-refractivity contribution in [2.24, 2.45) is 5.92 Å². The lowest BCUT2D eigenvalue weighted by Gasteiger charge is -2.14. The van der Waals surface area contributed by atoms with Gasteiger partial charge in [-0.25, -0.2) is 4.39 Å². The molecule has 3 heteroatoms. The topological polar surface area (TPSA) is 12.0 Å². The molecule has 0 aliphatic rings. The first kappa shape index (κ1) is 14.5. The van der Waals surface area contributed by atoms with Crippen LogP contribution in [-0.2, 0) is 6.42 Å². The minimum atomic E-state index is -0.155. The summed E-state index contributed by atoms with van der Waals surface area (Å²) in [6, 6.07) is 5.26. The maximum atomic E-state index is 13.5. The smallest absolute Gasteiger partial charge is 0.126 e.